The summed E-state index contributed by atoms with van der Waals surface area (Å²) in [5.74, 6) is 2.10. The second kappa shape index (κ2) is 10.0. The van der Waals surface area contributed by atoms with Gasteiger partial charge in [0.05, 0.1) is 6.61 Å². The molecule has 0 bridgehead atoms. The predicted molar refractivity (Wildman–Crippen MR) is 122 cm³/mol. The van der Waals surface area contributed by atoms with Crippen molar-refractivity contribution in [3.63, 3.8) is 0 Å². The van der Waals surface area contributed by atoms with Crippen molar-refractivity contribution in [3.8, 4) is 17.2 Å². The lowest BCUT2D eigenvalue weighted by Gasteiger charge is -2.32. The lowest BCUT2D eigenvalue weighted by Crippen LogP contribution is -2.39. The topological polar surface area (TPSA) is 81.9 Å². The molecule has 3 aromatic carbocycles. The van der Waals surface area contributed by atoms with Crippen LogP contribution in [0.4, 0.5) is 0 Å². The SMILES string of the molecule is NC(=O)c1ccc(Oc2ccc(C(=O)N3CCC(COc4ccccc4)CC3)cc2)cc1. The zero-order valence-corrected chi connectivity index (χ0v) is 17.8. The fraction of sp³-hybridized carbons (Fsp3) is 0.231. The molecule has 0 aromatic heterocycles. The van der Waals surface area contributed by atoms with Crippen molar-refractivity contribution in [1.29, 1.82) is 0 Å². The minimum absolute atomic E-state index is 0.0322. The third-order valence-electron chi connectivity index (χ3n) is 5.61. The maximum atomic E-state index is 12.9. The molecule has 164 valence electrons. The van der Waals surface area contributed by atoms with Gasteiger partial charge >= 0.3 is 0 Å². The summed E-state index contributed by atoms with van der Waals surface area (Å²) in [6.07, 6.45) is 1.86. The van der Waals surface area contributed by atoms with Gasteiger partial charge in [-0.05, 0) is 79.4 Å². The molecule has 0 radical (unpaired) electrons. The summed E-state index contributed by atoms with van der Waals surface area (Å²) in [5, 5.41) is 0. The van der Waals surface area contributed by atoms with Crippen molar-refractivity contribution < 1.29 is 19.1 Å². The van der Waals surface area contributed by atoms with Gasteiger partial charge in [0, 0.05) is 24.2 Å². The van der Waals surface area contributed by atoms with Crippen molar-refractivity contribution in [1.82, 2.24) is 4.90 Å². The summed E-state index contributed by atoms with van der Waals surface area (Å²) in [6.45, 7) is 2.14. The molecule has 1 heterocycles. The van der Waals surface area contributed by atoms with Crippen LogP contribution in [0.5, 0.6) is 17.2 Å². The van der Waals surface area contributed by atoms with Crippen molar-refractivity contribution in [2.75, 3.05) is 19.7 Å². The number of para-hydroxylation sites is 1. The molecule has 2 amide bonds. The molecule has 1 saturated heterocycles. The monoisotopic (exact) mass is 430 g/mol. The highest BCUT2D eigenvalue weighted by Gasteiger charge is 2.24. The van der Waals surface area contributed by atoms with Crippen molar-refractivity contribution in [3.05, 3.63) is 90.0 Å². The number of nitrogens with zero attached hydrogens (tertiary/aromatic N) is 1. The maximum absolute atomic E-state index is 12.9. The highest BCUT2D eigenvalue weighted by Crippen LogP contribution is 2.24. The average molecular weight is 431 g/mol. The van der Waals surface area contributed by atoms with Gasteiger partial charge in [-0.1, -0.05) is 18.2 Å². The largest absolute Gasteiger partial charge is 0.493 e. The lowest BCUT2D eigenvalue weighted by molar-refractivity contribution is 0.0661. The van der Waals surface area contributed by atoms with E-state index in [2.05, 4.69) is 0 Å². The number of carbonyl (C=O) groups is 2. The third kappa shape index (κ3) is 5.46. The first-order valence-corrected chi connectivity index (χ1v) is 10.7. The van der Waals surface area contributed by atoms with Gasteiger partial charge in [0.1, 0.15) is 17.2 Å². The lowest BCUT2D eigenvalue weighted by atomic mass is 9.97. The summed E-state index contributed by atoms with van der Waals surface area (Å²) < 4.78 is 11.6. The van der Waals surface area contributed by atoms with E-state index in [1.54, 1.807) is 48.5 Å². The fourth-order valence-electron chi connectivity index (χ4n) is 3.70. The molecule has 1 fully saturated rings. The molecule has 0 saturated carbocycles. The Bertz CT molecular complexity index is 1040. The second-order valence-electron chi connectivity index (χ2n) is 7.87. The molecule has 6 heteroatoms. The van der Waals surface area contributed by atoms with E-state index in [1.165, 1.54) is 0 Å². The number of benzene rings is 3. The Balaban J connectivity index is 1.27. The van der Waals surface area contributed by atoms with Crippen LogP contribution in [0.25, 0.3) is 0 Å². The molecule has 32 heavy (non-hydrogen) atoms. The number of likely N-dealkylation sites (tertiary alicyclic amines) is 1. The summed E-state index contributed by atoms with van der Waals surface area (Å²) in [4.78, 5) is 25.9. The predicted octanol–water partition coefficient (Wildman–Crippen LogP) is 4.51. The maximum Gasteiger partial charge on any atom is 0.253 e. The Morgan fingerprint density at radius 3 is 1.91 bits per heavy atom. The molecule has 4 rings (SSSR count). The first kappa shape index (κ1) is 21.4. The van der Waals surface area contributed by atoms with Gasteiger partial charge in [0.15, 0.2) is 0 Å². The standard InChI is InChI=1S/C26H26N2O4/c27-25(29)20-6-10-23(11-7-20)32-24-12-8-21(9-13-24)26(30)28-16-14-19(15-17-28)18-31-22-4-2-1-3-5-22/h1-13,19H,14-18H2,(H2,27,29). The number of carbonyl (C=O) groups excluding carboxylic acids is 2. The molecule has 3 aromatic rings. The molecule has 2 N–H and O–H groups in total. The average Bonchev–Trinajstić information content (AvgIpc) is 2.84. The number of piperidine rings is 1. The molecular weight excluding hydrogens is 404 g/mol. The van der Waals surface area contributed by atoms with E-state index in [9.17, 15) is 9.59 Å². The molecule has 0 atom stereocenters. The van der Waals surface area contributed by atoms with Crippen molar-refractivity contribution in [2.45, 2.75) is 12.8 Å². The normalized spacial score (nSPS) is 14.1. The van der Waals surface area contributed by atoms with Crippen LogP contribution in [0.1, 0.15) is 33.6 Å². The first-order chi connectivity index (χ1) is 15.6. The highest BCUT2D eigenvalue weighted by molar-refractivity contribution is 5.94. The van der Waals surface area contributed by atoms with E-state index in [4.69, 9.17) is 15.2 Å². The van der Waals surface area contributed by atoms with E-state index >= 15 is 0 Å². The Hall–Kier alpha value is -3.80. The van der Waals surface area contributed by atoms with Crippen molar-refractivity contribution >= 4 is 11.8 Å². The van der Waals surface area contributed by atoms with E-state index in [-0.39, 0.29) is 5.91 Å². The third-order valence-corrected chi connectivity index (χ3v) is 5.61. The molecule has 1 aliphatic rings. The number of ether oxygens (including phenoxy) is 2. The number of hydrogen-bond donors (Lipinski definition) is 1. The minimum atomic E-state index is -0.479. The Labute approximate surface area is 187 Å². The molecule has 0 aliphatic carbocycles. The quantitative estimate of drug-likeness (QED) is 0.598. The Kier molecular flexibility index (Phi) is 6.70. The molecule has 6 nitrogen and oxygen atoms in total. The molecule has 0 unspecified atom stereocenters. The zero-order chi connectivity index (χ0) is 22.3. The smallest absolute Gasteiger partial charge is 0.253 e. The number of primary amides is 1. The summed E-state index contributed by atoms with van der Waals surface area (Å²) in [6, 6.07) is 23.5. The van der Waals surface area contributed by atoms with Crippen LogP contribution in [0, 0.1) is 5.92 Å². The fourth-order valence-corrected chi connectivity index (χ4v) is 3.70. The number of rotatable bonds is 7. The van der Waals surface area contributed by atoms with Crippen LogP contribution in [-0.4, -0.2) is 36.4 Å². The van der Waals surface area contributed by atoms with E-state index in [0.717, 1.165) is 31.7 Å². The van der Waals surface area contributed by atoms with Crippen LogP contribution in [0.3, 0.4) is 0 Å². The van der Waals surface area contributed by atoms with Gasteiger partial charge in [-0.3, -0.25) is 9.59 Å². The summed E-state index contributed by atoms with van der Waals surface area (Å²) >= 11 is 0. The van der Waals surface area contributed by atoms with Gasteiger partial charge in [-0.2, -0.15) is 0 Å². The molecule has 0 spiro atoms. The summed E-state index contributed by atoms with van der Waals surface area (Å²) in [7, 11) is 0. The van der Waals surface area contributed by atoms with Gasteiger partial charge < -0.3 is 20.1 Å². The van der Waals surface area contributed by atoms with Gasteiger partial charge in [-0.25, -0.2) is 0 Å². The number of hydrogen-bond acceptors (Lipinski definition) is 4. The van der Waals surface area contributed by atoms with Gasteiger partial charge in [0.25, 0.3) is 5.91 Å². The van der Waals surface area contributed by atoms with Gasteiger partial charge in [0.2, 0.25) is 5.91 Å². The van der Waals surface area contributed by atoms with Crippen LogP contribution >= 0.6 is 0 Å². The van der Waals surface area contributed by atoms with Crippen LogP contribution < -0.4 is 15.2 Å². The van der Waals surface area contributed by atoms with Crippen LogP contribution in [0.2, 0.25) is 0 Å². The number of nitrogens with two attached hydrogens (primary N) is 1. The minimum Gasteiger partial charge on any atom is -0.493 e. The van der Waals surface area contributed by atoms with Crippen LogP contribution in [-0.2, 0) is 0 Å². The second-order valence-corrected chi connectivity index (χ2v) is 7.87. The number of amides is 2. The van der Waals surface area contributed by atoms with E-state index < -0.39 is 5.91 Å². The van der Waals surface area contributed by atoms with E-state index in [1.807, 2.05) is 35.2 Å². The van der Waals surface area contributed by atoms with Gasteiger partial charge in [-0.15, -0.1) is 0 Å². The summed E-state index contributed by atoms with van der Waals surface area (Å²) in [5.41, 5.74) is 6.31. The Morgan fingerprint density at radius 2 is 1.34 bits per heavy atom. The molecule has 1 aliphatic heterocycles. The highest BCUT2D eigenvalue weighted by atomic mass is 16.5. The van der Waals surface area contributed by atoms with Crippen LogP contribution in [0.15, 0.2) is 78.9 Å². The first-order valence-electron chi connectivity index (χ1n) is 10.7. The zero-order valence-electron chi connectivity index (χ0n) is 17.8. The van der Waals surface area contributed by atoms with E-state index in [0.29, 0.717) is 35.2 Å². The Morgan fingerprint density at radius 1 is 0.781 bits per heavy atom. The van der Waals surface area contributed by atoms with Crippen molar-refractivity contribution in [2.24, 2.45) is 11.7 Å². The molecular formula is C26H26N2O4.